The summed E-state index contributed by atoms with van der Waals surface area (Å²) in [5, 5.41) is 1.03. The predicted octanol–water partition coefficient (Wildman–Crippen LogP) is 3.74. The van der Waals surface area contributed by atoms with Crippen molar-refractivity contribution in [2.45, 2.75) is 25.7 Å². The van der Waals surface area contributed by atoms with Crippen LogP contribution in [-0.2, 0) is 0 Å². The average Bonchev–Trinajstić information content (AvgIpc) is 2.53. The van der Waals surface area contributed by atoms with Crippen molar-refractivity contribution in [2.24, 2.45) is 0 Å². The van der Waals surface area contributed by atoms with E-state index in [0.717, 1.165) is 42.9 Å². The minimum Gasteiger partial charge on any atom is -0.490 e. The van der Waals surface area contributed by atoms with E-state index >= 15 is 0 Å². The molecule has 2 rings (SSSR count). The van der Waals surface area contributed by atoms with Crippen LogP contribution in [0.15, 0.2) is 18.2 Å². The van der Waals surface area contributed by atoms with Crippen LogP contribution < -0.4 is 9.47 Å². The molecule has 0 aromatic heterocycles. The first-order chi connectivity index (χ1) is 7.81. The van der Waals surface area contributed by atoms with Crippen LogP contribution in [-0.4, -0.2) is 18.5 Å². The van der Waals surface area contributed by atoms with E-state index in [1.165, 1.54) is 5.56 Å². The second-order valence-corrected chi connectivity index (χ2v) is 4.93. The fourth-order valence-corrected chi connectivity index (χ4v) is 2.50. The normalized spacial score (nSPS) is 16.6. The van der Waals surface area contributed by atoms with E-state index in [0.29, 0.717) is 5.92 Å². The maximum Gasteiger partial charge on any atom is 0.161 e. The molecule has 0 amide bonds. The quantitative estimate of drug-likeness (QED) is 0.788. The Bertz CT molecular complexity index is 352. The number of hydrogen-bond donors (Lipinski definition) is 0. The summed E-state index contributed by atoms with van der Waals surface area (Å²) in [6, 6.07) is 6.29. The number of halogens is 1. The summed E-state index contributed by atoms with van der Waals surface area (Å²) < 4.78 is 11.3. The van der Waals surface area contributed by atoms with Crippen LogP contribution in [0.3, 0.4) is 0 Å². The van der Waals surface area contributed by atoms with Gasteiger partial charge in [0.25, 0.3) is 0 Å². The van der Waals surface area contributed by atoms with Crippen LogP contribution in [0.5, 0.6) is 11.5 Å². The molecule has 0 saturated carbocycles. The Kier molecular flexibility index (Phi) is 4.10. The molecule has 1 aliphatic heterocycles. The Balaban J connectivity index is 2.20. The molecule has 1 aromatic rings. The van der Waals surface area contributed by atoms with Crippen molar-refractivity contribution in [3.8, 4) is 11.5 Å². The van der Waals surface area contributed by atoms with Gasteiger partial charge in [0, 0.05) is 11.8 Å². The molecule has 0 saturated heterocycles. The average molecular weight is 285 g/mol. The van der Waals surface area contributed by atoms with Crippen LogP contribution >= 0.6 is 15.9 Å². The van der Waals surface area contributed by atoms with Crippen molar-refractivity contribution in [1.82, 2.24) is 0 Å². The lowest BCUT2D eigenvalue weighted by Crippen LogP contribution is -1.98. The molecule has 16 heavy (non-hydrogen) atoms. The largest absolute Gasteiger partial charge is 0.490 e. The summed E-state index contributed by atoms with van der Waals surface area (Å²) in [5.74, 6) is 2.33. The first-order valence-electron chi connectivity index (χ1n) is 5.77. The summed E-state index contributed by atoms with van der Waals surface area (Å²) >= 11 is 3.48. The SMILES string of the molecule is CC(CCBr)c1ccc2c(c1)OCCCO2. The molecule has 0 fully saturated rings. The molecule has 0 radical (unpaired) electrons. The summed E-state index contributed by atoms with van der Waals surface area (Å²) in [6.45, 7) is 3.74. The number of ether oxygens (including phenoxy) is 2. The van der Waals surface area contributed by atoms with Gasteiger partial charge in [0.1, 0.15) is 0 Å². The fourth-order valence-electron chi connectivity index (χ4n) is 1.82. The van der Waals surface area contributed by atoms with E-state index < -0.39 is 0 Å². The zero-order chi connectivity index (χ0) is 11.4. The lowest BCUT2D eigenvalue weighted by molar-refractivity contribution is 0.297. The van der Waals surface area contributed by atoms with E-state index in [4.69, 9.17) is 9.47 Å². The monoisotopic (exact) mass is 284 g/mol. The lowest BCUT2D eigenvalue weighted by Gasteiger charge is -2.13. The van der Waals surface area contributed by atoms with E-state index in [1.807, 2.05) is 6.07 Å². The second-order valence-electron chi connectivity index (χ2n) is 4.14. The Morgan fingerprint density at radius 1 is 1.25 bits per heavy atom. The molecule has 3 heteroatoms. The predicted molar refractivity (Wildman–Crippen MR) is 68.9 cm³/mol. The second kappa shape index (κ2) is 5.58. The van der Waals surface area contributed by atoms with Gasteiger partial charge in [-0.15, -0.1) is 0 Å². The molecule has 1 heterocycles. The first-order valence-corrected chi connectivity index (χ1v) is 6.89. The van der Waals surface area contributed by atoms with E-state index in [2.05, 4.69) is 35.0 Å². The highest BCUT2D eigenvalue weighted by molar-refractivity contribution is 9.09. The van der Waals surface area contributed by atoms with Crippen LogP contribution in [0.4, 0.5) is 0 Å². The molecule has 0 spiro atoms. The summed E-state index contributed by atoms with van der Waals surface area (Å²) in [4.78, 5) is 0. The van der Waals surface area contributed by atoms with Crippen LogP contribution in [0.1, 0.15) is 31.2 Å². The van der Waals surface area contributed by atoms with Gasteiger partial charge in [-0.1, -0.05) is 28.9 Å². The van der Waals surface area contributed by atoms with Gasteiger partial charge in [0.15, 0.2) is 11.5 Å². The Labute approximate surface area is 105 Å². The number of fused-ring (bicyclic) bond motifs is 1. The molecule has 2 nitrogen and oxygen atoms in total. The number of rotatable bonds is 3. The van der Waals surface area contributed by atoms with Gasteiger partial charge in [0.2, 0.25) is 0 Å². The van der Waals surface area contributed by atoms with Crippen LogP contribution in [0.25, 0.3) is 0 Å². The van der Waals surface area contributed by atoms with Crippen molar-refractivity contribution in [2.75, 3.05) is 18.5 Å². The van der Waals surface area contributed by atoms with Gasteiger partial charge in [-0.3, -0.25) is 0 Å². The molecule has 1 unspecified atom stereocenters. The molecule has 0 bridgehead atoms. The topological polar surface area (TPSA) is 18.5 Å². The molecule has 1 atom stereocenters. The van der Waals surface area contributed by atoms with Crippen molar-refractivity contribution < 1.29 is 9.47 Å². The van der Waals surface area contributed by atoms with Gasteiger partial charge in [-0.2, -0.15) is 0 Å². The minimum atomic E-state index is 0.552. The molecule has 88 valence electrons. The number of hydrogen-bond acceptors (Lipinski definition) is 2. The van der Waals surface area contributed by atoms with Crippen molar-refractivity contribution in [1.29, 1.82) is 0 Å². The van der Waals surface area contributed by atoms with Crippen molar-refractivity contribution in [3.63, 3.8) is 0 Å². The summed E-state index contributed by atoms with van der Waals surface area (Å²) in [7, 11) is 0. The molecular weight excluding hydrogens is 268 g/mol. The van der Waals surface area contributed by atoms with Crippen LogP contribution in [0, 0.1) is 0 Å². The zero-order valence-corrected chi connectivity index (χ0v) is 11.1. The van der Waals surface area contributed by atoms with Gasteiger partial charge < -0.3 is 9.47 Å². The van der Waals surface area contributed by atoms with E-state index in [1.54, 1.807) is 0 Å². The highest BCUT2D eigenvalue weighted by Crippen LogP contribution is 2.33. The number of benzene rings is 1. The molecular formula is C13H17BrO2. The highest BCUT2D eigenvalue weighted by Gasteiger charge is 2.13. The molecule has 1 aliphatic rings. The lowest BCUT2D eigenvalue weighted by atomic mass is 9.98. The van der Waals surface area contributed by atoms with Crippen molar-refractivity contribution >= 4 is 15.9 Å². The van der Waals surface area contributed by atoms with Gasteiger partial charge >= 0.3 is 0 Å². The maximum atomic E-state index is 5.68. The zero-order valence-electron chi connectivity index (χ0n) is 9.54. The molecule has 0 aliphatic carbocycles. The first kappa shape index (κ1) is 11.8. The smallest absolute Gasteiger partial charge is 0.161 e. The van der Waals surface area contributed by atoms with Gasteiger partial charge in [0.05, 0.1) is 13.2 Å². The molecule has 0 N–H and O–H groups in total. The summed E-state index contributed by atoms with van der Waals surface area (Å²) in [6.07, 6.45) is 2.10. The minimum absolute atomic E-state index is 0.552. The third-order valence-electron chi connectivity index (χ3n) is 2.88. The number of alkyl halides is 1. The highest BCUT2D eigenvalue weighted by atomic mass is 79.9. The summed E-state index contributed by atoms with van der Waals surface area (Å²) in [5.41, 5.74) is 1.32. The standard InChI is InChI=1S/C13H17BrO2/c1-10(5-6-14)11-3-4-12-13(9-11)16-8-2-7-15-12/h3-4,9-10H,2,5-8H2,1H3. The van der Waals surface area contributed by atoms with E-state index in [-0.39, 0.29) is 0 Å². The third kappa shape index (κ3) is 2.70. The Morgan fingerprint density at radius 2 is 2.00 bits per heavy atom. The fraction of sp³-hybridized carbons (Fsp3) is 0.538. The van der Waals surface area contributed by atoms with E-state index in [9.17, 15) is 0 Å². The Hall–Kier alpha value is -0.700. The van der Waals surface area contributed by atoms with Crippen molar-refractivity contribution in [3.05, 3.63) is 23.8 Å². The van der Waals surface area contributed by atoms with Gasteiger partial charge in [-0.05, 0) is 30.0 Å². The van der Waals surface area contributed by atoms with Gasteiger partial charge in [-0.25, -0.2) is 0 Å². The van der Waals surface area contributed by atoms with Crippen LogP contribution in [0.2, 0.25) is 0 Å². The maximum absolute atomic E-state index is 5.68. The Morgan fingerprint density at radius 3 is 2.75 bits per heavy atom. The third-order valence-corrected chi connectivity index (χ3v) is 3.34. The molecule has 1 aromatic carbocycles.